The van der Waals surface area contributed by atoms with Crippen molar-refractivity contribution in [2.75, 3.05) is 0 Å². The van der Waals surface area contributed by atoms with Gasteiger partial charge in [-0.05, 0) is 42.7 Å². The minimum atomic E-state index is 0.0772. The molecule has 1 aromatic carbocycles. The van der Waals surface area contributed by atoms with Crippen molar-refractivity contribution < 1.29 is 5.11 Å². The van der Waals surface area contributed by atoms with E-state index in [2.05, 4.69) is 5.10 Å². The summed E-state index contributed by atoms with van der Waals surface area (Å²) in [6.45, 7) is 0. The smallest absolute Gasteiger partial charge is 0.115 e. The van der Waals surface area contributed by atoms with E-state index < -0.39 is 0 Å². The fourth-order valence-corrected chi connectivity index (χ4v) is 2.11. The zero-order valence-electron chi connectivity index (χ0n) is 8.80. The molecular formula is C12H13N3O. The van der Waals surface area contributed by atoms with Crippen LogP contribution in [0.5, 0.6) is 5.75 Å². The highest BCUT2D eigenvalue weighted by molar-refractivity contribution is 5.38. The van der Waals surface area contributed by atoms with E-state index in [0.29, 0.717) is 0 Å². The molecule has 3 rings (SSSR count). The number of aryl methyl sites for hydroxylation is 1. The van der Waals surface area contributed by atoms with Crippen molar-refractivity contribution in [3.63, 3.8) is 0 Å². The molecule has 0 fully saturated rings. The van der Waals surface area contributed by atoms with Crippen molar-refractivity contribution >= 4 is 0 Å². The summed E-state index contributed by atoms with van der Waals surface area (Å²) < 4.78 is 1.82. The van der Waals surface area contributed by atoms with Crippen LogP contribution in [0.1, 0.15) is 23.7 Å². The molecule has 0 saturated carbocycles. The number of aromatic nitrogens is 2. The van der Waals surface area contributed by atoms with Gasteiger partial charge in [-0.3, -0.25) is 0 Å². The van der Waals surface area contributed by atoms with Crippen molar-refractivity contribution in [3.8, 4) is 11.4 Å². The molecule has 2 aromatic rings. The standard InChI is InChI=1S/C12H13N3O/c13-11-6-1-8-7-15(14-12(8)11)9-2-4-10(16)5-3-9/h2-5,7,11,16H,1,6,13H2. The summed E-state index contributed by atoms with van der Waals surface area (Å²) in [5.41, 5.74) is 9.13. The predicted molar refractivity (Wildman–Crippen MR) is 60.5 cm³/mol. The van der Waals surface area contributed by atoms with E-state index in [1.165, 1.54) is 5.56 Å². The molecule has 0 radical (unpaired) electrons. The van der Waals surface area contributed by atoms with Crippen molar-refractivity contribution in [3.05, 3.63) is 41.7 Å². The molecule has 1 aromatic heterocycles. The van der Waals surface area contributed by atoms with E-state index in [4.69, 9.17) is 5.73 Å². The molecule has 1 atom stereocenters. The van der Waals surface area contributed by atoms with E-state index in [1.807, 2.05) is 23.0 Å². The summed E-state index contributed by atoms with van der Waals surface area (Å²) in [7, 11) is 0. The van der Waals surface area contributed by atoms with Gasteiger partial charge in [0.15, 0.2) is 0 Å². The summed E-state index contributed by atoms with van der Waals surface area (Å²) >= 11 is 0. The van der Waals surface area contributed by atoms with E-state index >= 15 is 0 Å². The topological polar surface area (TPSA) is 64.1 Å². The van der Waals surface area contributed by atoms with Crippen LogP contribution in [0.3, 0.4) is 0 Å². The summed E-state index contributed by atoms with van der Waals surface area (Å²) in [5.74, 6) is 0.264. The molecule has 1 unspecified atom stereocenters. The van der Waals surface area contributed by atoms with Gasteiger partial charge in [-0.1, -0.05) is 0 Å². The first-order valence-corrected chi connectivity index (χ1v) is 5.37. The van der Waals surface area contributed by atoms with Gasteiger partial charge in [0.25, 0.3) is 0 Å². The van der Waals surface area contributed by atoms with Gasteiger partial charge in [0, 0.05) is 12.2 Å². The number of nitrogens with zero attached hydrogens (tertiary/aromatic N) is 2. The quantitative estimate of drug-likeness (QED) is 0.758. The van der Waals surface area contributed by atoms with Crippen LogP contribution in [0.15, 0.2) is 30.5 Å². The van der Waals surface area contributed by atoms with Crippen LogP contribution in [-0.4, -0.2) is 14.9 Å². The molecule has 0 bridgehead atoms. The van der Waals surface area contributed by atoms with Gasteiger partial charge in [0.2, 0.25) is 0 Å². The number of hydrogen-bond donors (Lipinski definition) is 2. The van der Waals surface area contributed by atoms with Gasteiger partial charge >= 0.3 is 0 Å². The third-order valence-corrected chi connectivity index (χ3v) is 3.01. The lowest BCUT2D eigenvalue weighted by atomic mass is 10.3. The Kier molecular flexibility index (Phi) is 1.97. The van der Waals surface area contributed by atoms with Gasteiger partial charge in [0.1, 0.15) is 5.75 Å². The fourth-order valence-electron chi connectivity index (χ4n) is 2.11. The van der Waals surface area contributed by atoms with Crippen LogP contribution in [-0.2, 0) is 6.42 Å². The first-order valence-electron chi connectivity index (χ1n) is 5.37. The minimum absolute atomic E-state index is 0.0772. The third-order valence-electron chi connectivity index (χ3n) is 3.01. The van der Waals surface area contributed by atoms with Gasteiger partial charge in [-0.2, -0.15) is 5.10 Å². The van der Waals surface area contributed by atoms with Crippen LogP contribution in [0.25, 0.3) is 5.69 Å². The van der Waals surface area contributed by atoms with Crippen molar-refractivity contribution in [1.29, 1.82) is 0 Å². The lowest BCUT2D eigenvalue weighted by Gasteiger charge is -2.03. The van der Waals surface area contributed by atoms with Crippen LogP contribution in [0.2, 0.25) is 0 Å². The van der Waals surface area contributed by atoms with E-state index in [9.17, 15) is 5.11 Å². The number of rotatable bonds is 1. The number of fused-ring (bicyclic) bond motifs is 1. The Morgan fingerprint density at radius 1 is 1.31 bits per heavy atom. The Bertz CT molecular complexity index is 516. The normalized spacial score (nSPS) is 18.7. The minimum Gasteiger partial charge on any atom is -0.508 e. The largest absolute Gasteiger partial charge is 0.508 e. The summed E-state index contributed by atoms with van der Waals surface area (Å²) in [4.78, 5) is 0. The molecule has 1 heterocycles. The SMILES string of the molecule is NC1CCc2cn(-c3ccc(O)cc3)nc21. The predicted octanol–water partition coefficient (Wildman–Crippen LogP) is 1.52. The zero-order valence-corrected chi connectivity index (χ0v) is 8.80. The number of phenolic OH excluding ortho intramolecular Hbond substituents is 1. The van der Waals surface area contributed by atoms with E-state index in [0.717, 1.165) is 24.2 Å². The maximum Gasteiger partial charge on any atom is 0.115 e. The van der Waals surface area contributed by atoms with E-state index in [1.54, 1.807) is 12.1 Å². The second kappa shape index (κ2) is 3.35. The summed E-state index contributed by atoms with van der Waals surface area (Å²) in [5, 5.41) is 13.7. The molecule has 82 valence electrons. The monoisotopic (exact) mass is 215 g/mol. The summed E-state index contributed by atoms with van der Waals surface area (Å²) in [6, 6.07) is 7.06. The number of benzene rings is 1. The van der Waals surface area contributed by atoms with Crippen LogP contribution >= 0.6 is 0 Å². The molecule has 0 saturated heterocycles. The molecular weight excluding hydrogens is 202 g/mol. The Hall–Kier alpha value is -1.81. The summed E-state index contributed by atoms with van der Waals surface area (Å²) in [6.07, 6.45) is 4.03. The number of hydrogen-bond acceptors (Lipinski definition) is 3. The third kappa shape index (κ3) is 1.39. The Balaban J connectivity index is 2.02. The van der Waals surface area contributed by atoms with Gasteiger partial charge < -0.3 is 10.8 Å². The fraction of sp³-hybridized carbons (Fsp3) is 0.250. The van der Waals surface area contributed by atoms with Crippen molar-refractivity contribution in [2.24, 2.45) is 5.73 Å². The Morgan fingerprint density at radius 3 is 2.75 bits per heavy atom. The molecule has 1 aliphatic carbocycles. The second-order valence-electron chi connectivity index (χ2n) is 4.15. The Labute approximate surface area is 93.3 Å². The maximum atomic E-state index is 9.21. The molecule has 0 aliphatic heterocycles. The Morgan fingerprint density at radius 2 is 2.06 bits per heavy atom. The average molecular weight is 215 g/mol. The first kappa shape index (κ1) is 9.42. The first-order chi connectivity index (χ1) is 7.74. The van der Waals surface area contributed by atoms with Gasteiger partial charge in [0.05, 0.1) is 11.4 Å². The molecule has 1 aliphatic rings. The maximum absolute atomic E-state index is 9.21. The molecule has 0 amide bonds. The number of aromatic hydroxyl groups is 1. The number of nitrogens with two attached hydrogens (primary N) is 1. The second-order valence-corrected chi connectivity index (χ2v) is 4.15. The zero-order chi connectivity index (χ0) is 11.1. The average Bonchev–Trinajstić information content (AvgIpc) is 2.83. The van der Waals surface area contributed by atoms with Crippen molar-refractivity contribution in [1.82, 2.24) is 9.78 Å². The van der Waals surface area contributed by atoms with Gasteiger partial charge in [-0.15, -0.1) is 0 Å². The molecule has 3 N–H and O–H groups in total. The highest BCUT2D eigenvalue weighted by atomic mass is 16.3. The van der Waals surface area contributed by atoms with Crippen LogP contribution < -0.4 is 5.73 Å². The van der Waals surface area contributed by atoms with Gasteiger partial charge in [-0.25, -0.2) is 4.68 Å². The molecule has 16 heavy (non-hydrogen) atoms. The highest BCUT2D eigenvalue weighted by Crippen LogP contribution is 2.28. The molecule has 4 heteroatoms. The molecule has 0 spiro atoms. The van der Waals surface area contributed by atoms with Crippen molar-refractivity contribution in [2.45, 2.75) is 18.9 Å². The lowest BCUT2D eigenvalue weighted by molar-refractivity contribution is 0.475. The van der Waals surface area contributed by atoms with E-state index in [-0.39, 0.29) is 11.8 Å². The highest BCUT2D eigenvalue weighted by Gasteiger charge is 2.23. The molecule has 4 nitrogen and oxygen atoms in total. The number of phenols is 1. The van der Waals surface area contributed by atoms with Crippen LogP contribution in [0, 0.1) is 0 Å². The van der Waals surface area contributed by atoms with Crippen LogP contribution in [0.4, 0.5) is 0 Å². The lowest BCUT2D eigenvalue weighted by Crippen LogP contribution is -2.08.